The van der Waals surface area contributed by atoms with Crippen molar-refractivity contribution in [3.05, 3.63) is 54.7 Å². The third-order valence-corrected chi connectivity index (χ3v) is 2.50. The van der Waals surface area contributed by atoms with Gasteiger partial charge in [0.05, 0.1) is 5.52 Å². The lowest BCUT2D eigenvalue weighted by molar-refractivity contribution is -0.122. The third-order valence-electron chi connectivity index (χ3n) is 2.50. The van der Waals surface area contributed by atoms with Gasteiger partial charge in [-0.2, -0.15) is 0 Å². The quantitative estimate of drug-likeness (QED) is 0.688. The molecule has 2 aromatic heterocycles. The Balaban J connectivity index is 0.000000452. The number of nitrogens with zero attached hydrogens (tertiary/aromatic N) is 3. The Morgan fingerprint density at radius 3 is 2.50 bits per heavy atom. The molecule has 3 rings (SSSR count). The van der Waals surface area contributed by atoms with E-state index in [4.69, 9.17) is 9.90 Å². The maximum atomic E-state index is 13.6. The summed E-state index contributed by atoms with van der Waals surface area (Å²) in [5.74, 6) is 0.262. The van der Waals surface area contributed by atoms with E-state index in [1.54, 1.807) is 42.9 Å². The summed E-state index contributed by atoms with van der Waals surface area (Å²) in [6, 6.07) is 8.28. The topological polar surface area (TPSA) is 76.0 Å². The Labute approximate surface area is 113 Å². The molecule has 0 unspecified atom stereocenters. The lowest BCUT2D eigenvalue weighted by atomic mass is 10.1. The summed E-state index contributed by atoms with van der Waals surface area (Å²) in [6.07, 6.45) is 4.94. The Morgan fingerprint density at radius 2 is 1.80 bits per heavy atom. The highest BCUT2D eigenvalue weighted by Gasteiger charge is 2.05. The van der Waals surface area contributed by atoms with Crippen molar-refractivity contribution >= 4 is 17.4 Å². The van der Waals surface area contributed by atoms with E-state index in [-0.39, 0.29) is 12.3 Å². The molecule has 100 valence electrons. The monoisotopic (exact) mass is 271 g/mol. The zero-order valence-electron chi connectivity index (χ0n) is 10.3. The molecule has 0 fully saturated rings. The molecule has 6 heteroatoms. The van der Waals surface area contributed by atoms with E-state index in [0.717, 1.165) is 0 Å². The first-order chi connectivity index (χ1) is 9.76. The lowest BCUT2D eigenvalue weighted by Gasteiger charge is -2.02. The van der Waals surface area contributed by atoms with Crippen LogP contribution in [0.5, 0.6) is 0 Å². The molecule has 0 aliphatic rings. The maximum absolute atomic E-state index is 13.6. The van der Waals surface area contributed by atoms with Crippen LogP contribution in [0.1, 0.15) is 0 Å². The van der Waals surface area contributed by atoms with E-state index in [1.165, 1.54) is 6.07 Å². The molecule has 2 heterocycles. The fraction of sp³-hybridized carbons (Fsp3) is 0. The minimum Gasteiger partial charge on any atom is -0.483 e. The van der Waals surface area contributed by atoms with Gasteiger partial charge in [-0.3, -0.25) is 9.78 Å². The van der Waals surface area contributed by atoms with Crippen LogP contribution in [0.15, 0.2) is 48.9 Å². The SMILES string of the molecule is Fc1cccc2ncc(-c3ncccn3)cc12.O=CO. The largest absolute Gasteiger partial charge is 0.483 e. The molecule has 0 amide bonds. The van der Waals surface area contributed by atoms with E-state index in [0.29, 0.717) is 22.3 Å². The van der Waals surface area contributed by atoms with E-state index in [2.05, 4.69) is 15.0 Å². The van der Waals surface area contributed by atoms with Gasteiger partial charge in [-0.25, -0.2) is 14.4 Å². The van der Waals surface area contributed by atoms with Gasteiger partial charge >= 0.3 is 0 Å². The van der Waals surface area contributed by atoms with E-state index < -0.39 is 0 Å². The predicted octanol–water partition coefficient (Wildman–Crippen LogP) is 2.53. The Hall–Kier alpha value is -2.89. The molecule has 0 radical (unpaired) electrons. The molecule has 0 aliphatic carbocycles. The van der Waals surface area contributed by atoms with Gasteiger partial charge in [0.1, 0.15) is 5.82 Å². The van der Waals surface area contributed by atoms with Crippen molar-refractivity contribution in [2.45, 2.75) is 0 Å². The van der Waals surface area contributed by atoms with Crippen LogP contribution in [0.2, 0.25) is 0 Å². The minimum absolute atomic E-state index is 0.250. The fourth-order valence-electron chi connectivity index (χ4n) is 1.68. The van der Waals surface area contributed by atoms with E-state index >= 15 is 0 Å². The first-order valence-corrected chi connectivity index (χ1v) is 5.66. The van der Waals surface area contributed by atoms with Crippen molar-refractivity contribution < 1.29 is 14.3 Å². The van der Waals surface area contributed by atoms with Crippen molar-refractivity contribution in [2.75, 3.05) is 0 Å². The smallest absolute Gasteiger partial charge is 0.290 e. The van der Waals surface area contributed by atoms with Crippen molar-refractivity contribution in [3.63, 3.8) is 0 Å². The van der Waals surface area contributed by atoms with Gasteiger partial charge in [-0.15, -0.1) is 0 Å². The van der Waals surface area contributed by atoms with E-state index in [9.17, 15) is 4.39 Å². The number of carbonyl (C=O) groups is 1. The summed E-state index contributed by atoms with van der Waals surface area (Å²) in [5.41, 5.74) is 1.34. The zero-order valence-corrected chi connectivity index (χ0v) is 10.3. The lowest BCUT2D eigenvalue weighted by Crippen LogP contribution is -1.90. The Morgan fingerprint density at radius 1 is 1.10 bits per heavy atom. The molecule has 20 heavy (non-hydrogen) atoms. The van der Waals surface area contributed by atoms with Crippen molar-refractivity contribution in [1.82, 2.24) is 15.0 Å². The summed E-state index contributed by atoms with van der Waals surface area (Å²) >= 11 is 0. The second kappa shape index (κ2) is 6.33. The molecule has 1 N–H and O–H groups in total. The second-order valence-electron chi connectivity index (χ2n) is 3.71. The Bertz CT molecular complexity index is 720. The third kappa shape index (κ3) is 2.92. The molecule has 3 aromatic rings. The molecule has 0 saturated heterocycles. The van der Waals surface area contributed by atoms with Crippen molar-refractivity contribution in [1.29, 1.82) is 0 Å². The second-order valence-corrected chi connectivity index (χ2v) is 3.71. The molecule has 1 aromatic carbocycles. The van der Waals surface area contributed by atoms with Crippen molar-refractivity contribution in [2.24, 2.45) is 0 Å². The first-order valence-electron chi connectivity index (χ1n) is 5.66. The van der Waals surface area contributed by atoms with Crippen LogP contribution >= 0.6 is 0 Å². The van der Waals surface area contributed by atoms with Gasteiger partial charge in [0, 0.05) is 29.5 Å². The molecule has 0 atom stereocenters. The maximum Gasteiger partial charge on any atom is 0.290 e. The van der Waals surface area contributed by atoms with Crippen LogP contribution in [0.3, 0.4) is 0 Å². The highest BCUT2D eigenvalue weighted by Crippen LogP contribution is 2.21. The highest BCUT2D eigenvalue weighted by molar-refractivity contribution is 5.82. The standard InChI is InChI=1S/C13H8FN3.CH2O2/c14-11-3-1-4-12-10(11)7-9(8-17-12)13-15-5-2-6-16-13;2-1-3/h1-8H;1H,(H,2,3). The molecule has 0 spiro atoms. The number of fused-ring (bicyclic) bond motifs is 1. The van der Waals surface area contributed by atoms with Gasteiger partial charge in [0.25, 0.3) is 6.47 Å². The van der Waals surface area contributed by atoms with Crippen molar-refractivity contribution in [3.8, 4) is 11.4 Å². The van der Waals surface area contributed by atoms with Crippen LogP contribution in [-0.4, -0.2) is 26.5 Å². The normalized spacial score (nSPS) is 9.65. The minimum atomic E-state index is -0.284. The number of hydrogen-bond donors (Lipinski definition) is 1. The number of pyridine rings is 1. The molecular weight excluding hydrogens is 261 g/mol. The van der Waals surface area contributed by atoms with Crippen LogP contribution in [-0.2, 0) is 4.79 Å². The highest BCUT2D eigenvalue weighted by atomic mass is 19.1. The average Bonchev–Trinajstić information content (AvgIpc) is 2.49. The molecule has 0 aliphatic heterocycles. The summed E-state index contributed by atoms with van der Waals surface area (Å²) in [7, 11) is 0. The van der Waals surface area contributed by atoms with Gasteiger partial charge in [0.2, 0.25) is 0 Å². The van der Waals surface area contributed by atoms with Crippen LogP contribution in [0, 0.1) is 5.82 Å². The van der Waals surface area contributed by atoms with Crippen LogP contribution < -0.4 is 0 Å². The van der Waals surface area contributed by atoms with E-state index in [1.807, 2.05) is 0 Å². The van der Waals surface area contributed by atoms with Crippen LogP contribution in [0.4, 0.5) is 4.39 Å². The van der Waals surface area contributed by atoms with Crippen LogP contribution in [0.25, 0.3) is 22.3 Å². The molecule has 0 saturated carbocycles. The van der Waals surface area contributed by atoms with Gasteiger partial charge in [-0.1, -0.05) is 6.07 Å². The summed E-state index contributed by atoms with van der Waals surface area (Å²) in [5, 5.41) is 7.37. The average molecular weight is 271 g/mol. The summed E-state index contributed by atoms with van der Waals surface area (Å²) in [4.78, 5) is 20.8. The Kier molecular flexibility index (Phi) is 4.28. The number of rotatable bonds is 1. The molecule has 5 nitrogen and oxygen atoms in total. The van der Waals surface area contributed by atoms with Gasteiger partial charge in [0.15, 0.2) is 5.82 Å². The number of hydrogen-bond acceptors (Lipinski definition) is 4. The predicted molar refractivity (Wildman–Crippen MR) is 71.4 cm³/mol. The number of aromatic nitrogens is 3. The van der Waals surface area contributed by atoms with Gasteiger partial charge < -0.3 is 5.11 Å². The first kappa shape index (κ1) is 13.5. The zero-order chi connectivity index (χ0) is 14.4. The fourth-order valence-corrected chi connectivity index (χ4v) is 1.68. The molecule has 0 bridgehead atoms. The molecular formula is C14H10FN3O2. The number of benzene rings is 1. The summed E-state index contributed by atoms with van der Waals surface area (Å²) in [6.45, 7) is -0.250. The number of halogens is 1. The summed E-state index contributed by atoms with van der Waals surface area (Å²) < 4.78 is 13.6. The number of carboxylic acid groups (broad SMARTS) is 1. The van der Waals surface area contributed by atoms with Gasteiger partial charge in [-0.05, 0) is 24.3 Å².